The van der Waals surface area contributed by atoms with Crippen LogP contribution in [0, 0.1) is 26.7 Å². The highest BCUT2D eigenvalue weighted by molar-refractivity contribution is 5.78. The molecule has 0 saturated carbocycles. The number of nitrogens with one attached hydrogen (secondary N) is 1. The normalized spacial score (nSPS) is 12.1. The van der Waals surface area contributed by atoms with Crippen molar-refractivity contribution in [1.29, 1.82) is 0 Å². The van der Waals surface area contributed by atoms with Crippen molar-refractivity contribution >= 4 is 11.9 Å². The molecule has 4 heteroatoms. The lowest BCUT2D eigenvalue weighted by Gasteiger charge is -2.19. The van der Waals surface area contributed by atoms with Crippen LogP contribution >= 0.6 is 0 Å². The first-order chi connectivity index (χ1) is 13.7. The Hall–Kier alpha value is -2.62. The van der Waals surface area contributed by atoms with E-state index in [2.05, 4.69) is 52.1 Å². The number of hydrogen-bond acceptors (Lipinski definition) is 2. The van der Waals surface area contributed by atoms with Crippen molar-refractivity contribution in [2.45, 2.75) is 66.3 Å². The molecule has 4 nitrogen and oxygen atoms in total. The average molecular weight is 396 g/mol. The number of aryl methyl sites for hydroxylation is 3. The molecule has 0 aliphatic rings. The SMILES string of the molecule is Cc1cc(C)c(-c2cccc([C@H](CC(=O)O)NC(=O)CCCC(C)C)c2)c(C)c1. The number of carboxylic acid groups (broad SMARTS) is 1. The van der Waals surface area contributed by atoms with Crippen LogP contribution in [0.25, 0.3) is 11.1 Å². The maximum absolute atomic E-state index is 12.4. The summed E-state index contributed by atoms with van der Waals surface area (Å²) in [6.07, 6.45) is 2.08. The van der Waals surface area contributed by atoms with Crippen molar-refractivity contribution in [1.82, 2.24) is 5.32 Å². The summed E-state index contributed by atoms with van der Waals surface area (Å²) in [6.45, 7) is 10.5. The molecule has 0 saturated heterocycles. The van der Waals surface area contributed by atoms with Crippen LogP contribution in [0.2, 0.25) is 0 Å². The lowest BCUT2D eigenvalue weighted by molar-refractivity contribution is -0.137. The first kappa shape index (κ1) is 22.7. The fourth-order valence-electron chi connectivity index (χ4n) is 3.91. The molecular formula is C25H33NO3. The molecule has 0 unspecified atom stereocenters. The van der Waals surface area contributed by atoms with Crippen LogP contribution in [0.1, 0.15) is 67.8 Å². The van der Waals surface area contributed by atoms with Gasteiger partial charge >= 0.3 is 5.97 Å². The molecule has 1 atom stereocenters. The summed E-state index contributed by atoms with van der Waals surface area (Å²) in [6, 6.07) is 11.6. The maximum Gasteiger partial charge on any atom is 0.305 e. The van der Waals surface area contributed by atoms with Crippen LogP contribution in [-0.4, -0.2) is 17.0 Å². The number of aliphatic carboxylic acids is 1. The van der Waals surface area contributed by atoms with Crippen LogP contribution in [0.5, 0.6) is 0 Å². The monoisotopic (exact) mass is 395 g/mol. The Balaban J connectivity index is 2.27. The highest BCUT2D eigenvalue weighted by atomic mass is 16.4. The molecule has 29 heavy (non-hydrogen) atoms. The third-order valence-corrected chi connectivity index (χ3v) is 5.15. The van der Waals surface area contributed by atoms with Crippen molar-refractivity contribution in [2.24, 2.45) is 5.92 Å². The number of amides is 1. The Morgan fingerprint density at radius 3 is 2.28 bits per heavy atom. The minimum Gasteiger partial charge on any atom is -0.481 e. The summed E-state index contributed by atoms with van der Waals surface area (Å²) >= 11 is 0. The standard InChI is InChI=1S/C25H33NO3/c1-16(2)8-6-11-23(27)26-22(15-24(28)29)20-9-7-10-21(14-20)25-18(4)12-17(3)13-19(25)5/h7,9-10,12-14,16,22H,6,8,11,15H2,1-5H3,(H,26,27)(H,28,29)/t22-/m0/s1. The Morgan fingerprint density at radius 1 is 1.03 bits per heavy atom. The first-order valence-electron chi connectivity index (χ1n) is 10.4. The number of rotatable bonds is 9. The van der Waals surface area contributed by atoms with Crippen LogP contribution in [0.15, 0.2) is 36.4 Å². The van der Waals surface area contributed by atoms with E-state index in [4.69, 9.17) is 0 Å². The van der Waals surface area contributed by atoms with Gasteiger partial charge in [0.15, 0.2) is 0 Å². The topological polar surface area (TPSA) is 66.4 Å². The van der Waals surface area contributed by atoms with Gasteiger partial charge < -0.3 is 10.4 Å². The summed E-state index contributed by atoms with van der Waals surface area (Å²) in [4.78, 5) is 23.8. The zero-order chi connectivity index (χ0) is 21.6. The lowest BCUT2D eigenvalue weighted by atomic mass is 9.91. The molecule has 2 aromatic rings. The van der Waals surface area contributed by atoms with E-state index in [1.165, 1.54) is 16.7 Å². The molecule has 0 bridgehead atoms. The first-order valence-corrected chi connectivity index (χ1v) is 10.4. The number of hydrogen-bond donors (Lipinski definition) is 2. The minimum absolute atomic E-state index is 0.0926. The number of carboxylic acids is 1. The van der Waals surface area contributed by atoms with Crippen molar-refractivity contribution in [3.8, 4) is 11.1 Å². The average Bonchev–Trinajstić information content (AvgIpc) is 2.60. The summed E-state index contributed by atoms with van der Waals surface area (Å²) in [5.41, 5.74) is 6.62. The fourth-order valence-corrected chi connectivity index (χ4v) is 3.91. The highest BCUT2D eigenvalue weighted by Gasteiger charge is 2.19. The molecule has 2 N–H and O–H groups in total. The van der Waals surface area contributed by atoms with Gasteiger partial charge in [0.05, 0.1) is 12.5 Å². The Morgan fingerprint density at radius 2 is 1.69 bits per heavy atom. The molecule has 0 spiro atoms. The molecule has 2 rings (SSSR count). The Labute approximate surface area is 174 Å². The number of carbonyl (C=O) groups excluding carboxylic acids is 1. The second-order valence-electron chi connectivity index (χ2n) is 8.40. The predicted molar refractivity (Wildman–Crippen MR) is 118 cm³/mol. The van der Waals surface area contributed by atoms with Gasteiger partial charge in [0.25, 0.3) is 0 Å². The molecular weight excluding hydrogens is 362 g/mol. The minimum atomic E-state index is -0.925. The van der Waals surface area contributed by atoms with E-state index in [9.17, 15) is 14.7 Å². The molecule has 0 heterocycles. The van der Waals surface area contributed by atoms with E-state index in [1.54, 1.807) is 0 Å². The van der Waals surface area contributed by atoms with E-state index >= 15 is 0 Å². The predicted octanol–water partition coefficient (Wildman–Crippen LogP) is 5.74. The molecule has 0 aromatic heterocycles. The van der Waals surface area contributed by atoms with Crippen LogP contribution in [0.4, 0.5) is 0 Å². The molecule has 0 radical (unpaired) electrons. The second kappa shape index (κ2) is 10.2. The van der Waals surface area contributed by atoms with Crippen LogP contribution in [0.3, 0.4) is 0 Å². The van der Waals surface area contributed by atoms with Gasteiger partial charge in [0.1, 0.15) is 0 Å². The van der Waals surface area contributed by atoms with Gasteiger partial charge in [0, 0.05) is 6.42 Å². The maximum atomic E-state index is 12.4. The largest absolute Gasteiger partial charge is 0.481 e. The van der Waals surface area contributed by atoms with Gasteiger partial charge in [-0.25, -0.2) is 0 Å². The van der Waals surface area contributed by atoms with Crippen molar-refractivity contribution in [3.05, 3.63) is 58.7 Å². The van der Waals surface area contributed by atoms with Crippen LogP contribution in [-0.2, 0) is 9.59 Å². The molecule has 156 valence electrons. The second-order valence-corrected chi connectivity index (χ2v) is 8.40. The molecule has 1 amide bonds. The van der Waals surface area contributed by atoms with E-state index in [0.29, 0.717) is 12.3 Å². The molecule has 0 aliphatic heterocycles. The summed E-state index contributed by atoms with van der Waals surface area (Å²) in [5, 5.41) is 12.3. The summed E-state index contributed by atoms with van der Waals surface area (Å²) in [7, 11) is 0. The van der Waals surface area contributed by atoms with E-state index in [-0.39, 0.29) is 12.3 Å². The Bertz CT molecular complexity index is 847. The zero-order valence-electron chi connectivity index (χ0n) is 18.2. The third kappa shape index (κ3) is 6.74. The molecule has 0 fully saturated rings. The molecule has 0 aliphatic carbocycles. The van der Waals surface area contributed by atoms with E-state index < -0.39 is 12.0 Å². The van der Waals surface area contributed by atoms with Gasteiger partial charge in [-0.05, 0) is 67.0 Å². The van der Waals surface area contributed by atoms with Gasteiger partial charge in [-0.2, -0.15) is 0 Å². The van der Waals surface area contributed by atoms with Crippen molar-refractivity contribution < 1.29 is 14.7 Å². The highest BCUT2D eigenvalue weighted by Crippen LogP contribution is 2.31. The molecule has 2 aromatic carbocycles. The fraction of sp³-hybridized carbons (Fsp3) is 0.440. The lowest BCUT2D eigenvalue weighted by Crippen LogP contribution is -2.30. The van der Waals surface area contributed by atoms with Crippen molar-refractivity contribution in [2.75, 3.05) is 0 Å². The van der Waals surface area contributed by atoms with Gasteiger partial charge in [0.2, 0.25) is 5.91 Å². The van der Waals surface area contributed by atoms with Gasteiger partial charge in [-0.3, -0.25) is 9.59 Å². The quantitative estimate of drug-likeness (QED) is 0.569. The van der Waals surface area contributed by atoms with Crippen LogP contribution < -0.4 is 5.32 Å². The summed E-state index contributed by atoms with van der Waals surface area (Å²) in [5.74, 6) is -0.467. The smallest absolute Gasteiger partial charge is 0.305 e. The van der Waals surface area contributed by atoms with Gasteiger partial charge in [-0.15, -0.1) is 0 Å². The number of benzene rings is 2. The Kier molecular flexibility index (Phi) is 8.00. The third-order valence-electron chi connectivity index (χ3n) is 5.15. The zero-order valence-corrected chi connectivity index (χ0v) is 18.2. The van der Waals surface area contributed by atoms with E-state index in [1.807, 2.05) is 24.3 Å². The van der Waals surface area contributed by atoms with Crippen molar-refractivity contribution in [3.63, 3.8) is 0 Å². The number of carbonyl (C=O) groups is 2. The summed E-state index contributed by atoms with van der Waals surface area (Å²) < 4.78 is 0. The van der Waals surface area contributed by atoms with E-state index in [0.717, 1.165) is 29.5 Å². The van der Waals surface area contributed by atoms with Gasteiger partial charge in [-0.1, -0.05) is 56.2 Å².